The number of halogens is 1. The van der Waals surface area contributed by atoms with Crippen molar-refractivity contribution in [1.82, 2.24) is 9.36 Å². The third-order valence-electron chi connectivity index (χ3n) is 6.60. The maximum atomic E-state index is 13.9. The fraction of sp³-hybridized carbons (Fsp3) is 0.250. The minimum absolute atomic E-state index is 0. The molecule has 0 radical (unpaired) electrons. The summed E-state index contributed by atoms with van der Waals surface area (Å²) in [6, 6.07) is 25.1. The molecule has 1 unspecified atom stereocenters. The fourth-order valence-electron chi connectivity index (χ4n) is 4.49. The molecule has 3 aromatic carbocycles. The molecule has 0 saturated heterocycles. The van der Waals surface area contributed by atoms with E-state index in [-0.39, 0.29) is 22.5 Å². The molecule has 0 aliphatic rings. The van der Waals surface area contributed by atoms with E-state index in [9.17, 15) is 9.90 Å². The monoisotopic (exact) mass is 536 g/mol. The lowest BCUT2D eigenvalue weighted by Crippen LogP contribution is -3.00. The van der Waals surface area contributed by atoms with Crippen molar-refractivity contribution in [2.45, 2.75) is 12.5 Å². The molecule has 6 nitrogen and oxygen atoms in total. The number of rotatable bonds is 6. The van der Waals surface area contributed by atoms with Crippen LogP contribution in [0.15, 0.2) is 83.7 Å². The third kappa shape index (κ3) is 4.59. The minimum atomic E-state index is -1.62. The molecule has 2 N–H and O–H groups in total. The molecule has 1 aromatic heterocycles. The van der Waals surface area contributed by atoms with Crippen LogP contribution < -0.4 is 32.3 Å². The summed E-state index contributed by atoms with van der Waals surface area (Å²) >= 11 is 0. The van der Waals surface area contributed by atoms with Crippen molar-refractivity contribution < 1.29 is 27.0 Å². The highest BCUT2D eigenvalue weighted by Gasteiger charge is 2.40. The van der Waals surface area contributed by atoms with E-state index >= 15 is 0 Å². The molecule has 0 saturated carbocycles. The first-order valence-electron chi connectivity index (χ1n) is 11.4. The van der Waals surface area contributed by atoms with Crippen molar-refractivity contribution in [3.63, 3.8) is 0 Å². The topological polar surface area (TPSA) is 54.8 Å². The highest BCUT2D eigenvalue weighted by molar-refractivity contribution is 5.54. The molecule has 1 atom stereocenters. The Morgan fingerprint density at radius 3 is 1.86 bits per heavy atom. The van der Waals surface area contributed by atoms with Gasteiger partial charge >= 0.3 is 0 Å². The van der Waals surface area contributed by atoms with E-state index in [1.165, 1.54) is 4.90 Å². The van der Waals surface area contributed by atoms with Gasteiger partial charge in [0.25, 0.3) is 5.56 Å². The van der Waals surface area contributed by atoms with Gasteiger partial charge in [0.2, 0.25) is 0 Å². The zero-order valence-electron chi connectivity index (χ0n) is 21.1. The van der Waals surface area contributed by atoms with Crippen LogP contribution in [0.2, 0.25) is 0 Å². The van der Waals surface area contributed by atoms with Crippen LogP contribution in [0.1, 0.15) is 22.4 Å². The van der Waals surface area contributed by atoms with Crippen LogP contribution in [0.5, 0.6) is 0 Å². The second-order valence-corrected chi connectivity index (χ2v) is 9.17. The highest BCUT2D eigenvalue weighted by atomic mass is 79.9. The average molecular weight is 538 g/mol. The molecular formula is C28H33BrN4O2. The number of hydrogen-bond donors (Lipinski definition) is 2. The van der Waals surface area contributed by atoms with Gasteiger partial charge in [0, 0.05) is 32.5 Å². The molecule has 0 aliphatic heterocycles. The van der Waals surface area contributed by atoms with E-state index in [4.69, 9.17) is 0 Å². The van der Waals surface area contributed by atoms with Crippen molar-refractivity contribution in [3.8, 4) is 5.69 Å². The Morgan fingerprint density at radius 1 is 0.857 bits per heavy atom. The zero-order valence-corrected chi connectivity index (χ0v) is 22.7. The van der Waals surface area contributed by atoms with Crippen LogP contribution in [0, 0.1) is 6.92 Å². The average Bonchev–Trinajstić information content (AvgIpc) is 3.07. The molecule has 1 heterocycles. The molecule has 4 aromatic rings. The SMILES string of the molecule is Cc1c(C(O)(c2ccc(N(C)C)cc2)c2ccc([NH+](C)C)cc2)c(=O)n(-c2ccccc2)n1C.[Br-]. The molecule has 4 rings (SSSR count). The quantitative estimate of drug-likeness (QED) is 0.353. The van der Waals surface area contributed by atoms with E-state index in [0.717, 1.165) is 17.1 Å². The van der Waals surface area contributed by atoms with E-state index in [1.54, 1.807) is 4.68 Å². The predicted molar refractivity (Wildman–Crippen MR) is 138 cm³/mol. The lowest BCUT2D eigenvalue weighted by atomic mass is 9.80. The standard InChI is InChI=1S/C28H32N4O2.BrH/c1-20-26(27(33)32(31(20)6)25-10-8-7-9-11-25)28(34,21-12-16-23(17-13-21)29(2)3)22-14-18-24(19-15-22)30(4)5;/h7-19,34H,1-6H3;1H. The Morgan fingerprint density at radius 2 is 1.37 bits per heavy atom. The number of hydrogen-bond acceptors (Lipinski definition) is 3. The van der Waals surface area contributed by atoms with Crippen LogP contribution in [-0.2, 0) is 12.6 Å². The first-order valence-corrected chi connectivity index (χ1v) is 11.4. The summed E-state index contributed by atoms with van der Waals surface area (Å²) in [5, 5.41) is 12.5. The summed E-state index contributed by atoms with van der Waals surface area (Å²) in [5.74, 6) is 0. The molecule has 0 spiro atoms. The Kier molecular flexibility index (Phi) is 7.74. The lowest BCUT2D eigenvalue weighted by molar-refractivity contribution is -0.786. The first-order chi connectivity index (χ1) is 16.2. The van der Waals surface area contributed by atoms with Gasteiger partial charge in [-0.1, -0.05) is 30.3 Å². The Labute approximate surface area is 217 Å². The summed E-state index contributed by atoms with van der Waals surface area (Å²) in [6.07, 6.45) is 0. The van der Waals surface area contributed by atoms with Gasteiger partial charge in [-0.2, -0.15) is 0 Å². The van der Waals surface area contributed by atoms with Gasteiger partial charge in [0.15, 0.2) is 0 Å². The second-order valence-electron chi connectivity index (χ2n) is 9.17. The number of aromatic nitrogens is 2. The Balaban J connectivity index is 0.00000342. The van der Waals surface area contributed by atoms with Crippen LogP contribution in [0.4, 0.5) is 11.4 Å². The second kappa shape index (κ2) is 10.2. The molecule has 35 heavy (non-hydrogen) atoms. The number of nitrogens with zero attached hydrogens (tertiary/aromatic N) is 3. The largest absolute Gasteiger partial charge is 1.00 e. The summed E-state index contributed by atoms with van der Waals surface area (Å²) < 4.78 is 3.42. The van der Waals surface area contributed by atoms with Crippen molar-refractivity contribution in [1.29, 1.82) is 0 Å². The molecular weight excluding hydrogens is 504 g/mol. The van der Waals surface area contributed by atoms with E-state index < -0.39 is 5.60 Å². The number of anilines is 1. The van der Waals surface area contributed by atoms with Crippen molar-refractivity contribution >= 4 is 11.4 Å². The normalized spacial score (nSPS) is 12.8. The van der Waals surface area contributed by atoms with Gasteiger partial charge in [-0.15, -0.1) is 0 Å². The van der Waals surface area contributed by atoms with Crippen LogP contribution >= 0.6 is 0 Å². The van der Waals surface area contributed by atoms with E-state index in [2.05, 4.69) is 14.1 Å². The van der Waals surface area contributed by atoms with Gasteiger partial charge in [0.05, 0.1) is 25.3 Å². The summed E-state index contributed by atoms with van der Waals surface area (Å²) in [7, 11) is 9.91. The Hall–Kier alpha value is -3.13. The number of nitrogens with one attached hydrogen (secondary N) is 1. The number of aliphatic hydroxyl groups is 1. The maximum absolute atomic E-state index is 13.9. The van der Waals surface area contributed by atoms with E-state index in [1.807, 2.05) is 117 Å². The highest BCUT2D eigenvalue weighted by Crippen LogP contribution is 2.38. The predicted octanol–water partition coefficient (Wildman–Crippen LogP) is -0.385. The molecule has 0 aliphatic carbocycles. The molecule has 0 bridgehead atoms. The first kappa shape index (κ1) is 26.5. The van der Waals surface area contributed by atoms with Crippen molar-refractivity contribution in [2.75, 3.05) is 33.1 Å². The summed E-state index contributed by atoms with van der Waals surface area (Å²) in [5.41, 5.74) is 3.36. The maximum Gasteiger partial charge on any atom is 0.278 e. The third-order valence-corrected chi connectivity index (χ3v) is 6.60. The number of quaternary nitrogens is 1. The van der Waals surface area contributed by atoms with Crippen LogP contribution in [0.3, 0.4) is 0 Å². The van der Waals surface area contributed by atoms with Crippen molar-refractivity contribution in [2.24, 2.45) is 7.05 Å². The Bertz CT molecular complexity index is 1290. The smallest absolute Gasteiger partial charge is 0.278 e. The van der Waals surface area contributed by atoms with Crippen LogP contribution in [0.25, 0.3) is 5.69 Å². The summed E-state index contributed by atoms with van der Waals surface area (Å²) in [4.78, 5) is 17.1. The zero-order chi connectivity index (χ0) is 24.6. The number of para-hydroxylation sites is 1. The molecule has 7 heteroatoms. The van der Waals surface area contributed by atoms with Gasteiger partial charge in [-0.25, -0.2) is 4.68 Å². The van der Waals surface area contributed by atoms with Crippen LogP contribution in [-0.4, -0.2) is 42.7 Å². The lowest BCUT2D eigenvalue weighted by Gasteiger charge is -2.29. The van der Waals surface area contributed by atoms with Gasteiger partial charge < -0.3 is 31.9 Å². The fourth-order valence-corrected chi connectivity index (χ4v) is 4.49. The van der Waals surface area contributed by atoms with Gasteiger partial charge in [-0.3, -0.25) is 9.48 Å². The van der Waals surface area contributed by atoms with Gasteiger partial charge in [0.1, 0.15) is 11.3 Å². The molecule has 0 fully saturated rings. The molecule has 184 valence electrons. The minimum Gasteiger partial charge on any atom is -1.00 e. The van der Waals surface area contributed by atoms with E-state index in [0.29, 0.717) is 22.4 Å². The number of benzene rings is 3. The van der Waals surface area contributed by atoms with Crippen molar-refractivity contribution in [3.05, 3.63) is 112 Å². The summed E-state index contributed by atoms with van der Waals surface area (Å²) in [6.45, 7) is 1.88. The molecule has 0 amide bonds. The van der Waals surface area contributed by atoms with Gasteiger partial charge in [-0.05, 0) is 66.6 Å².